The maximum Gasteiger partial charge on any atom is 0.241 e. The fourth-order valence-electron chi connectivity index (χ4n) is 3.22. The number of rotatable bonds is 6. The molecule has 1 heterocycles. The number of amides is 2. The number of piperazine rings is 1. The summed E-state index contributed by atoms with van der Waals surface area (Å²) in [5.74, 6) is 0.174. The summed E-state index contributed by atoms with van der Waals surface area (Å²) < 4.78 is 0. The van der Waals surface area contributed by atoms with Gasteiger partial charge in [-0.3, -0.25) is 14.5 Å². The van der Waals surface area contributed by atoms with E-state index >= 15 is 0 Å². The molecule has 27 heavy (non-hydrogen) atoms. The van der Waals surface area contributed by atoms with Crippen LogP contribution < -0.4 is 4.90 Å². The third-order valence-corrected chi connectivity index (χ3v) is 5.09. The maximum atomic E-state index is 12.9. The normalized spacial score (nSPS) is 14.9. The van der Waals surface area contributed by atoms with E-state index in [1.165, 1.54) is 5.56 Å². The highest BCUT2D eigenvalue weighted by molar-refractivity contribution is 5.95. The first kappa shape index (κ1) is 20.9. The minimum Gasteiger partial charge on any atom is -0.340 e. The van der Waals surface area contributed by atoms with Crippen LogP contribution in [0.2, 0.25) is 0 Å². The predicted octanol–water partition coefficient (Wildman–Crippen LogP) is 2.35. The number of nitrogens with zero attached hydrogens (tertiary/aromatic N) is 4. The summed E-state index contributed by atoms with van der Waals surface area (Å²) in [7, 11) is 0. The zero-order valence-corrected chi connectivity index (χ0v) is 16.9. The van der Waals surface area contributed by atoms with Crippen LogP contribution in [-0.2, 0) is 9.59 Å². The average Bonchev–Trinajstić information content (AvgIpc) is 2.64. The third-order valence-electron chi connectivity index (χ3n) is 5.09. The van der Waals surface area contributed by atoms with Gasteiger partial charge in [0, 0.05) is 44.3 Å². The Kier molecular flexibility index (Phi) is 7.37. The molecule has 0 saturated carbocycles. The molecule has 0 aliphatic carbocycles. The van der Waals surface area contributed by atoms with E-state index in [-0.39, 0.29) is 17.7 Å². The van der Waals surface area contributed by atoms with Crippen molar-refractivity contribution < 1.29 is 9.59 Å². The summed E-state index contributed by atoms with van der Waals surface area (Å²) in [6, 6.07) is 8.08. The van der Waals surface area contributed by atoms with E-state index in [0.717, 1.165) is 11.3 Å². The van der Waals surface area contributed by atoms with Gasteiger partial charge in [-0.05, 0) is 37.1 Å². The summed E-state index contributed by atoms with van der Waals surface area (Å²) in [5.41, 5.74) is 3.15. The fourth-order valence-corrected chi connectivity index (χ4v) is 3.22. The lowest BCUT2D eigenvalue weighted by molar-refractivity contribution is -0.136. The van der Waals surface area contributed by atoms with Crippen LogP contribution in [0.25, 0.3) is 0 Å². The minimum atomic E-state index is -0.00265. The monoisotopic (exact) mass is 370 g/mol. The molecule has 0 aromatic heterocycles. The average molecular weight is 370 g/mol. The second-order valence-corrected chi connectivity index (χ2v) is 7.48. The number of hydrogen-bond donors (Lipinski definition) is 0. The largest absolute Gasteiger partial charge is 0.340 e. The van der Waals surface area contributed by atoms with Crippen molar-refractivity contribution in [2.75, 3.05) is 44.2 Å². The minimum absolute atomic E-state index is 0.00265. The molecule has 6 nitrogen and oxygen atoms in total. The number of anilines is 1. The predicted molar refractivity (Wildman–Crippen MR) is 106 cm³/mol. The van der Waals surface area contributed by atoms with Crippen LogP contribution >= 0.6 is 0 Å². The maximum absolute atomic E-state index is 12.9. The lowest BCUT2D eigenvalue weighted by Crippen LogP contribution is -2.52. The third kappa shape index (κ3) is 5.54. The van der Waals surface area contributed by atoms with Crippen molar-refractivity contribution in [1.29, 1.82) is 5.26 Å². The Bertz CT molecular complexity index is 715. The highest BCUT2D eigenvalue weighted by atomic mass is 16.2. The molecule has 6 heteroatoms. The van der Waals surface area contributed by atoms with Crippen molar-refractivity contribution >= 4 is 17.5 Å². The van der Waals surface area contributed by atoms with Crippen LogP contribution in [0.15, 0.2) is 18.2 Å². The molecule has 1 aliphatic heterocycles. The van der Waals surface area contributed by atoms with E-state index < -0.39 is 0 Å². The van der Waals surface area contributed by atoms with Crippen LogP contribution in [0.5, 0.6) is 0 Å². The van der Waals surface area contributed by atoms with Gasteiger partial charge >= 0.3 is 0 Å². The lowest BCUT2D eigenvalue weighted by atomic mass is 10.1. The molecule has 1 aromatic carbocycles. The zero-order valence-electron chi connectivity index (χ0n) is 16.9. The van der Waals surface area contributed by atoms with Gasteiger partial charge in [0.25, 0.3) is 0 Å². The van der Waals surface area contributed by atoms with E-state index in [1.807, 2.05) is 50.8 Å². The number of hydrogen-bond acceptors (Lipinski definition) is 4. The first-order chi connectivity index (χ1) is 12.8. The molecule has 0 unspecified atom stereocenters. The van der Waals surface area contributed by atoms with E-state index in [9.17, 15) is 9.59 Å². The van der Waals surface area contributed by atoms with Crippen LogP contribution in [-0.4, -0.2) is 60.9 Å². The molecule has 0 atom stereocenters. The Morgan fingerprint density at radius 2 is 1.81 bits per heavy atom. The van der Waals surface area contributed by atoms with Gasteiger partial charge in [-0.15, -0.1) is 0 Å². The molecule has 1 aromatic rings. The van der Waals surface area contributed by atoms with Crippen molar-refractivity contribution in [3.05, 3.63) is 29.3 Å². The second-order valence-electron chi connectivity index (χ2n) is 7.48. The smallest absolute Gasteiger partial charge is 0.241 e. The first-order valence-corrected chi connectivity index (χ1v) is 9.59. The molecule has 0 spiro atoms. The zero-order chi connectivity index (χ0) is 20.0. The Hall–Kier alpha value is -2.39. The van der Waals surface area contributed by atoms with Crippen molar-refractivity contribution in [3.8, 4) is 6.07 Å². The highest BCUT2D eigenvalue weighted by Gasteiger charge is 2.25. The molecular formula is C21H30N4O2. The molecule has 2 rings (SSSR count). The molecule has 1 aliphatic rings. The quantitative estimate of drug-likeness (QED) is 0.771. The molecule has 1 saturated heterocycles. The molecule has 0 N–H and O–H groups in total. The molecule has 146 valence electrons. The Morgan fingerprint density at radius 3 is 2.37 bits per heavy atom. The van der Waals surface area contributed by atoms with Crippen molar-refractivity contribution in [2.24, 2.45) is 5.92 Å². The Labute approximate surface area is 162 Å². The Balaban J connectivity index is 2.01. The fraction of sp³-hybridized carbons (Fsp3) is 0.571. The van der Waals surface area contributed by atoms with E-state index in [0.29, 0.717) is 45.7 Å². The van der Waals surface area contributed by atoms with Crippen LogP contribution in [0.1, 0.15) is 31.4 Å². The molecule has 2 amide bonds. The van der Waals surface area contributed by atoms with Gasteiger partial charge in [-0.25, -0.2) is 0 Å². The molecular weight excluding hydrogens is 340 g/mol. The van der Waals surface area contributed by atoms with Crippen molar-refractivity contribution in [1.82, 2.24) is 9.80 Å². The van der Waals surface area contributed by atoms with Crippen molar-refractivity contribution in [2.45, 2.75) is 34.1 Å². The van der Waals surface area contributed by atoms with Gasteiger partial charge in [-0.1, -0.05) is 19.9 Å². The summed E-state index contributed by atoms with van der Waals surface area (Å²) in [6.45, 7) is 11.3. The number of benzene rings is 1. The Morgan fingerprint density at radius 1 is 1.15 bits per heavy atom. The first-order valence-electron chi connectivity index (χ1n) is 9.59. The summed E-state index contributed by atoms with van der Waals surface area (Å²) >= 11 is 0. The molecule has 0 bridgehead atoms. The van der Waals surface area contributed by atoms with Crippen molar-refractivity contribution in [3.63, 3.8) is 0 Å². The van der Waals surface area contributed by atoms with Crippen LogP contribution in [0, 0.1) is 31.1 Å². The number of aryl methyl sites for hydroxylation is 2. The van der Waals surface area contributed by atoms with Gasteiger partial charge in [0.05, 0.1) is 19.0 Å². The highest BCUT2D eigenvalue weighted by Crippen LogP contribution is 2.20. The standard InChI is InChI=1S/C21H30N4O2/c1-16(2)21(27)24-12-10-23(11-13-24)15-20(26)25(9-5-8-22)19-7-6-17(3)18(4)14-19/h6-7,14,16H,5,9-13,15H2,1-4H3. The number of carbonyl (C=O) groups is 2. The van der Waals surface area contributed by atoms with Crippen LogP contribution in [0.3, 0.4) is 0 Å². The molecule has 0 radical (unpaired) electrons. The van der Waals surface area contributed by atoms with E-state index in [1.54, 1.807) is 4.90 Å². The van der Waals surface area contributed by atoms with Gasteiger partial charge in [0.15, 0.2) is 0 Å². The topological polar surface area (TPSA) is 67.7 Å². The van der Waals surface area contributed by atoms with E-state index in [2.05, 4.69) is 11.0 Å². The number of carbonyl (C=O) groups excluding carboxylic acids is 2. The number of nitriles is 1. The lowest BCUT2D eigenvalue weighted by Gasteiger charge is -2.36. The van der Waals surface area contributed by atoms with Crippen LogP contribution in [0.4, 0.5) is 5.69 Å². The van der Waals surface area contributed by atoms with Gasteiger partial charge in [0.2, 0.25) is 11.8 Å². The summed E-state index contributed by atoms with van der Waals surface area (Å²) in [6.07, 6.45) is 0.301. The SMILES string of the molecule is Cc1ccc(N(CCC#N)C(=O)CN2CCN(C(=O)C(C)C)CC2)cc1C. The molecule has 1 fully saturated rings. The summed E-state index contributed by atoms with van der Waals surface area (Å²) in [4.78, 5) is 30.7. The second kappa shape index (κ2) is 9.52. The van der Waals surface area contributed by atoms with Gasteiger partial charge in [0.1, 0.15) is 0 Å². The van der Waals surface area contributed by atoms with Gasteiger partial charge in [-0.2, -0.15) is 5.26 Å². The van der Waals surface area contributed by atoms with E-state index in [4.69, 9.17) is 5.26 Å². The van der Waals surface area contributed by atoms with Gasteiger partial charge < -0.3 is 9.80 Å². The summed E-state index contributed by atoms with van der Waals surface area (Å²) in [5, 5.41) is 8.95.